The summed E-state index contributed by atoms with van der Waals surface area (Å²) in [5.41, 5.74) is 7.89. The minimum absolute atomic E-state index is 0.866. The Bertz CT molecular complexity index is 335. The second-order valence-corrected chi connectivity index (χ2v) is 3.92. The topological polar surface area (TPSA) is 34.1 Å². The highest BCUT2D eigenvalue weighted by Crippen LogP contribution is 2.31. The predicted molar refractivity (Wildman–Crippen MR) is 59.6 cm³/mol. The molecule has 0 spiro atoms. The quantitative estimate of drug-likeness (QED) is 0.695. The summed E-state index contributed by atoms with van der Waals surface area (Å²) in [6.45, 7) is 3.07. The molecule has 1 heterocycles. The van der Waals surface area contributed by atoms with Crippen molar-refractivity contribution in [2.45, 2.75) is 6.54 Å². The van der Waals surface area contributed by atoms with Gasteiger partial charge in [0.1, 0.15) is 0 Å². The van der Waals surface area contributed by atoms with Gasteiger partial charge in [0.05, 0.1) is 17.9 Å². The zero-order chi connectivity index (χ0) is 10.1. The number of nitrogens with zero attached hydrogens (tertiary/aromatic N) is 2. The Morgan fingerprint density at radius 1 is 1.14 bits per heavy atom. The van der Waals surface area contributed by atoms with Gasteiger partial charge in [-0.05, 0) is 12.1 Å². The van der Waals surface area contributed by atoms with Gasteiger partial charge in [-0.3, -0.25) is 0 Å². The van der Waals surface area contributed by atoms with Gasteiger partial charge in [-0.25, -0.2) is 0 Å². The van der Waals surface area contributed by atoms with E-state index in [4.69, 9.17) is 0 Å². The highest BCUT2D eigenvalue weighted by molar-refractivity contribution is 5.73. The van der Waals surface area contributed by atoms with Crippen LogP contribution in [0.25, 0.3) is 0 Å². The van der Waals surface area contributed by atoms with Crippen LogP contribution in [-0.4, -0.2) is 27.2 Å². The van der Waals surface area contributed by atoms with E-state index in [1.54, 1.807) is 0 Å². The van der Waals surface area contributed by atoms with Crippen molar-refractivity contribution >= 4 is 11.4 Å². The van der Waals surface area contributed by atoms with E-state index in [9.17, 15) is 0 Å². The van der Waals surface area contributed by atoms with Gasteiger partial charge in [0.15, 0.2) is 0 Å². The van der Waals surface area contributed by atoms with Crippen molar-refractivity contribution < 1.29 is 5.73 Å². The molecule has 1 aliphatic rings. The smallest absolute Gasteiger partial charge is 0.0998 e. The minimum Gasteiger partial charge on any atom is -0.371 e. The number of benzene rings is 1. The van der Waals surface area contributed by atoms with E-state index in [-0.39, 0.29) is 0 Å². The first-order valence-electron chi connectivity index (χ1n) is 5.07. The van der Waals surface area contributed by atoms with E-state index in [0.29, 0.717) is 0 Å². The average Bonchev–Trinajstić information content (AvgIpc) is 2.23. The lowest BCUT2D eigenvalue weighted by Crippen LogP contribution is -2.47. The average molecular weight is 192 g/mol. The molecule has 2 rings (SSSR count). The number of hydrogen-bond acceptors (Lipinski definition) is 2. The molecule has 0 aliphatic carbocycles. The van der Waals surface area contributed by atoms with Crippen LogP contribution < -0.4 is 15.5 Å². The molecule has 1 aromatic carbocycles. The summed E-state index contributed by atoms with van der Waals surface area (Å²) in [6, 6.07) is 6.62. The Morgan fingerprint density at radius 3 is 2.43 bits per heavy atom. The van der Waals surface area contributed by atoms with Crippen LogP contribution in [0.15, 0.2) is 18.2 Å². The van der Waals surface area contributed by atoms with E-state index in [2.05, 4.69) is 47.8 Å². The van der Waals surface area contributed by atoms with Crippen LogP contribution in [0, 0.1) is 0 Å². The van der Waals surface area contributed by atoms with E-state index >= 15 is 0 Å². The van der Waals surface area contributed by atoms with Gasteiger partial charge in [0, 0.05) is 32.7 Å². The molecule has 0 amide bonds. The summed E-state index contributed by atoms with van der Waals surface area (Å²) in [5.74, 6) is 0. The SMILES string of the molecule is CN1CCN(C)c2cc(C[NH3+])ccc21. The maximum atomic E-state index is 3.92. The largest absolute Gasteiger partial charge is 0.371 e. The van der Waals surface area contributed by atoms with Gasteiger partial charge < -0.3 is 15.5 Å². The number of rotatable bonds is 1. The maximum Gasteiger partial charge on any atom is 0.0998 e. The summed E-state index contributed by atoms with van der Waals surface area (Å²) < 4.78 is 0. The molecule has 0 saturated heterocycles. The van der Waals surface area contributed by atoms with E-state index in [1.807, 2.05) is 0 Å². The van der Waals surface area contributed by atoms with Gasteiger partial charge >= 0.3 is 0 Å². The molecule has 14 heavy (non-hydrogen) atoms. The lowest BCUT2D eigenvalue weighted by atomic mass is 10.1. The fourth-order valence-corrected chi connectivity index (χ4v) is 1.89. The van der Waals surface area contributed by atoms with Crippen molar-refractivity contribution in [3.05, 3.63) is 23.8 Å². The fourth-order valence-electron chi connectivity index (χ4n) is 1.89. The first-order chi connectivity index (χ1) is 6.72. The van der Waals surface area contributed by atoms with Crippen molar-refractivity contribution in [1.29, 1.82) is 0 Å². The Labute approximate surface area is 85.1 Å². The van der Waals surface area contributed by atoms with Gasteiger partial charge in [0.2, 0.25) is 0 Å². The molecule has 1 aromatic rings. The molecule has 76 valence electrons. The standard InChI is InChI=1S/C11H17N3/c1-13-5-6-14(2)11-7-9(8-12)3-4-10(11)13/h3-4,7H,5-6,8,12H2,1-2H3/p+1. The van der Waals surface area contributed by atoms with Gasteiger partial charge in [-0.1, -0.05) is 6.07 Å². The molecule has 0 aromatic heterocycles. The highest BCUT2D eigenvalue weighted by atomic mass is 15.2. The van der Waals surface area contributed by atoms with E-state index < -0.39 is 0 Å². The zero-order valence-electron chi connectivity index (χ0n) is 8.95. The van der Waals surface area contributed by atoms with Crippen LogP contribution in [0.1, 0.15) is 5.56 Å². The van der Waals surface area contributed by atoms with Crippen LogP contribution in [0.2, 0.25) is 0 Å². The number of likely N-dealkylation sites (N-methyl/N-ethyl adjacent to an activating group) is 2. The van der Waals surface area contributed by atoms with Crippen molar-refractivity contribution in [2.75, 3.05) is 37.0 Å². The van der Waals surface area contributed by atoms with Crippen molar-refractivity contribution in [2.24, 2.45) is 0 Å². The van der Waals surface area contributed by atoms with Crippen molar-refractivity contribution in [3.8, 4) is 0 Å². The summed E-state index contributed by atoms with van der Waals surface area (Å²) in [4.78, 5) is 4.62. The summed E-state index contributed by atoms with van der Waals surface area (Å²) >= 11 is 0. The molecule has 0 saturated carbocycles. The molecule has 0 radical (unpaired) electrons. The monoisotopic (exact) mass is 192 g/mol. The van der Waals surface area contributed by atoms with Gasteiger partial charge in [0.25, 0.3) is 0 Å². The molecule has 1 aliphatic heterocycles. The molecule has 3 N–H and O–H groups in total. The lowest BCUT2D eigenvalue weighted by molar-refractivity contribution is -0.386. The Morgan fingerprint density at radius 2 is 1.79 bits per heavy atom. The van der Waals surface area contributed by atoms with Gasteiger partial charge in [-0.15, -0.1) is 0 Å². The predicted octanol–water partition coefficient (Wildman–Crippen LogP) is 0.315. The molecular weight excluding hydrogens is 174 g/mol. The number of fused-ring (bicyclic) bond motifs is 1. The van der Waals surface area contributed by atoms with Crippen LogP contribution in [0.5, 0.6) is 0 Å². The minimum atomic E-state index is 0.866. The third-order valence-electron chi connectivity index (χ3n) is 2.92. The maximum absolute atomic E-state index is 3.92. The van der Waals surface area contributed by atoms with Crippen LogP contribution in [0.4, 0.5) is 11.4 Å². The highest BCUT2D eigenvalue weighted by Gasteiger charge is 2.17. The fraction of sp³-hybridized carbons (Fsp3) is 0.455. The van der Waals surface area contributed by atoms with Crippen molar-refractivity contribution in [3.63, 3.8) is 0 Å². The number of anilines is 2. The third kappa shape index (κ3) is 1.44. The molecular formula is C11H18N3+. The van der Waals surface area contributed by atoms with E-state index in [0.717, 1.165) is 19.6 Å². The Balaban J connectivity index is 2.45. The van der Waals surface area contributed by atoms with Gasteiger partial charge in [-0.2, -0.15) is 0 Å². The van der Waals surface area contributed by atoms with Crippen LogP contribution >= 0.6 is 0 Å². The summed E-state index contributed by atoms with van der Waals surface area (Å²) in [5, 5.41) is 0. The lowest BCUT2D eigenvalue weighted by Gasteiger charge is -2.34. The molecule has 0 bridgehead atoms. The zero-order valence-corrected chi connectivity index (χ0v) is 8.95. The third-order valence-corrected chi connectivity index (χ3v) is 2.92. The van der Waals surface area contributed by atoms with E-state index in [1.165, 1.54) is 16.9 Å². The molecule has 3 heteroatoms. The van der Waals surface area contributed by atoms with Crippen LogP contribution in [0.3, 0.4) is 0 Å². The Kier molecular flexibility index (Phi) is 2.33. The summed E-state index contributed by atoms with van der Waals surface area (Å²) in [6.07, 6.45) is 0. The number of hydrogen-bond donors (Lipinski definition) is 1. The Hall–Kier alpha value is -1.22. The second-order valence-electron chi connectivity index (χ2n) is 3.92. The molecule has 0 atom stereocenters. The first kappa shape index (κ1) is 9.34. The number of quaternary nitrogens is 1. The second kappa shape index (κ2) is 3.50. The summed E-state index contributed by atoms with van der Waals surface area (Å²) in [7, 11) is 4.30. The van der Waals surface area contributed by atoms with Crippen molar-refractivity contribution in [1.82, 2.24) is 0 Å². The molecule has 3 nitrogen and oxygen atoms in total. The molecule has 0 unspecified atom stereocenters. The first-order valence-corrected chi connectivity index (χ1v) is 5.07. The molecule has 0 fully saturated rings. The van der Waals surface area contributed by atoms with Crippen LogP contribution in [-0.2, 0) is 6.54 Å². The normalized spacial score (nSPS) is 15.6.